The largest absolute Gasteiger partial charge is 0.395 e. The van der Waals surface area contributed by atoms with Crippen LogP contribution < -0.4 is 0 Å². The number of aliphatic hydroxyl groups is 1. The Morgan fingerprint density at radius 2 is 2.20 bits per heavy atom. The molecule has 0 saturated heterocycles. The normalized spacial score (nSPS) is 12.7. The van der Waals surface area contributed by atoms with Crippen LogP contribution in [0.2, 0.25) is 5.02 Å². The van der Waals surface area contributed by atoms with E-state index in [-0.39, 0.29) is 12.5 Å². The van der Waals surface area contributed by atoms with Crippen LogP contribution in [0.5, 0.6) is 0 Å². The van der Waals surface area contributed by atoms with E-state index >= 15 is 0 Å². The third kappa shape index (κ3) is 2.03. The molecule has 1 atom stereocenters. The van der Waals surface area contributed by atoms with Gasteiger partial charge in [-0.1, -0.05) is 29.8 Å². The van der Waals surface area contributed by atoms with Crippen molar-refractivity contribution in [2.24, 2.45) is 0 Å². The first-order chi connectivity index (χ1) is 7.33. The minimum Gasteiger partial charge on any atom is -0.395 e. The highest BCUT2D eigenvalue weighted by molar-refractivity contribution is 6.31. The van der Waals surface area contributed by atoms with Crippen LogP contribution in [0.4, 0.5) is 0 Å². The number of imidazole rings is 1. The topological polar surface area (TPSA) is 48.9 Å². The number of aromatic nitrogens is 2. The SMILES string of the molecule is OCC(c1ncc[nH]1)c1ccccc1Cl. The Balaban J connectivity index is 2.40. The molecule has 0 spiro atoms. The van der Waals surface area contributed by atoms with E-state index in [1.807, 2.05) is 24.3 Å². The number of hydrogen-bond acceptors (Lipinski definition) is 2. The first-order valence-corrected chi connectivity index (χ1v) is 5.05. The molecule has 1 heterocycles. The fourth-order valence-electron chi connectivity index (χ4n) is 1.56. The fraction of sp³-hybridized carbons (Fsp3) is 0.182. The summed E-state index contributed by atoms with van der Waals surface area (Å²) in [4.78, 5) is 7.11. The molecular weight excluding hydrogens is 212 g/mol. The first kappa shape index (κ1) is 10.2. The van der Waals surface area contributed by atoms with Crippen molar-refractivity contribution in [2.45, 2.75) is 5.92 Å². The van der Waals surface area contributed by atoms with E-state index in [0.717, 1.165) is 11.4 Å². The van der Waals surface area contributed by atoms with E-state index in [9.17, 15) is 5.11 Å². The van der Waals surface area contributed by atoms with E-state index in [0.29, 0.717) is 5.02 Å². The van der Waals surface area contributed by atoms with Gasteiger partial charge in [0.1, 0.15) is 5.82 Å². The van der Waals surface area contributed by atoms with Crippen molar-refractivity contribution in [1.29, 1.82) is 0 Å². The highest BCUT2D eigenvalue weighted by Crippen LogP contribution is 2.27. The zero-order valence-electron chi connectivity index (χ0n) is 8.02. The van der Waals surface area contributed by atoms with Gasteiger partial charge in [0, 0.05) is 17.4 Å². The summed E-state index contributed by atoms with van der Waals surface area (Å²) in [6.07, 6.45) is 3.39. The van der Waals surface area contributed by atoms with Crippen LogP contribution in [-0.4, -0.2) is 21.7 Å². The molecule has 0 fully saturated rings. The lowest BCUT2D eigenvalue weighted by Crippen LogP contribution is -2.08. The lowest BCUT2D eigenvalue weighted by molar-refractivity contribution is 0.277. The van der Waals surface area contributed by atoms with Crippen LogP contribution in [-0.2, 0) is 0 Å². The third-order valence-corrected chi connectivity index (χ3v) is 2.66. The molecule has 0 radical (unpaired) electrons. The second-order valence-corrected chi connectivity index (χ2v) is 3.64. The fourth-order valence-corrected chi connectivity index (χ4v) is 1.83. The monoisotopic (exact) mass is 222 g/mol. The maximum atomic E-state index is 9.36. The van der Waals surface area contributed by atoms with Crippen LogP contribution in [0.1, 0.15) is 17.3 Å². The van der Waals surface area contributed by atoms with Gasteiger partial charge in [-0.3, -0.25) is 0 Å². The molecule has 2 rings (SSSR count). The molecule has 0 bridgehead atoms. The lowest BCUT2D eigenvalue weighted by Gasteiger charge is -2.13. The average Bonchev–Trinajstić information content (AvgIpc) is 2.75. The maximum Gasteiger partial charge on any atom is 0.115 e. The van der Waals surface area contributed by atoms with Crippen molar-refractivity contribution in [3.63, 3.8) is 0 Å². The van der Waals surface area contributed by atoms with Crippen molar-refractivity contribution >= 4 is 11.6 Å². The maximum absolute atomic E-state index is 9.36. The first-order valence-electron chi connectivity index (χ1n) is 4.67. The van der Waals surface area contributed by atoms with Gasteiger partial charge in [-0.05, 0) is 11.6 Å². The molecule has 0 aliphatic heterocycles. The van der Waals surface area contributed by atoms with Gasteiger partial charge < -0.3 is 10.1 Å². The number of benzene rings is 1. The van der Waals surface area contributed by atoms with Gasteiger partial charge in [0.05, 0.1) is 12.5 Å². The number of nitrogens with one attached hydrogen (secondary N) is 1. The summed E-state index contributed by atoms with van der Waals surface area (Å²) in [7, 11) is 0. The van der Waals surface area contributed by atoms with Crippen LogP contribution in [0, 0.1) is 0 Å². The number of halogens is 1. The van der Waals surface area contributed by atoms with Crippen LogP contribution in [0.15, 0.2) is 36.7 Å². The summed E-state index contributed by atoms with van der Waals surface area (Å²) in [5.41, 5.74) is 0.886. The molecule has 15 heavy (non-hydrogen) atoms. The standard InChI is InChI=1S/C11H11ClN2O/c12-10-4-2-1-3-8(10)9(7-15)11-13-5-6-14-11/h1-6,9,15H,7H2,(H,13,14). The van der Waals surface area contributed by atoms with E-state index in [2.05, 4.69) is 9.97 Å². The molecule has 0 aliphatic rings. The summed E-state index contributed by atoms with van der Waals surface area (Å²) in [5.74, 6) is 0.541. The van der Waals surface area contributed by atoms with Crippen molar-refractivity contribution in [3.8, 4) is 0 Å². The van der Waals surface area contributed by atoms with Crippen molar-refractivity contribution in [1.82, 2.24) is 9.97 Å². The Labute approximate surface area is 92.7 Å². The van der Waals surface area contributed by atoms with Gasteiger partial charge in [-0.15, -0.1) is 0 Å². The molecule has 1 aromatic heterocycles. The summed E-state index contributed by atoms with van der Waals surface area (Å²) in [6, 6.07) is 7.46. The van der Waals surface area contributed by atoms with Gasteiger partial charge in [0.25, 0.3) is 0 Å². The van der Waals surface area contributed by atoms with E-state index < -0.39 is 0 Å². The zero-order chi connectivity index (χ0) is 10.7. The molecule has 0 amide bonds. The Kier molecular flexibility index (Phi) is 3.04. The average molecular weight is 223 g/mol. The predicted molar refractivity (Wildman–Crippen MR) is 59.0 cm³/mol. The zero-order valence-corrected chi connectivity index (χ0v) is 8.78. The molecule has 3 nitrogen and oxygen atoms in total. The summed E-state index contributed by atoms with van der Waals surface area (Å²) >= 11 is 6.06. The number of aliphatic hydroxyl groups excluding tert-OH is 1. The van der Waals surface area contributed by atoms with Gasteiger partial charge >= 0.3 is 0 Å². The molecule has 2 N–H and O–H groups in total. The number of aromatic amines is 1. The number of H-pyrrole nitrogens is 1. The van der Waals surface area contributed by atoms with E-state index in [1.165, 1.54) is 0 Å². The smallest absolute Gasteiger partial charge is 0.115 e. The van der Waals surface area contributed by atoms with Crippen LogP contribution >= 0.6 is 11.6 Å². The second kappa shape index (κ2) is 4.47. The molecule has 0 saturated carbocycles. The van der Waals surface area contributed by atoms with Gasteiger partial charge in [-0.2, -0.15) is 0 Å². The van der Waals surface area contributed by atoms with Gasteiger partial charge in [0.2, 0.25) is 0 Å². The molecule has 4 heteroatoms. The highest BCUT2D eigenvalue weighted by Gasteiger charge is 2.17. The number of hydrogen-bond donors (Lipinski definition) is 2. The number of rotatable bonds is 3. The molecule has 0 aliphatic carbocycles. The number of nitrogens with zero attached hydrogens (tertiary/aromatic N) is 1. The summed E-state index contributed by atoms with van der Waals surface area (Å²) in [5, 5.41) is 10.0. The van der Waals surface area contributed by atoms with Crippen LogP contribution in [0.3, 0.4) is 0 Å². The van der Waals surface area contributed by atoms with Crippen LogP contribution in [0.25, 0.3) is 0 Å². The summed E-state index contributed by atoms with van der Waals surface area (Å²) in [6.45, 7) is -0.0166. The molecule has 1 unspecified atom stereocenters. The van der Waals surface area contributed by atoms with E-state index in [1.54, 1.807) is 12.4 Å². The quantitative estimate of drug-likeness (QED) is 0.837. The Morgan fingerprint density at radius 3 is 2.80 bits per heavy atom. The third-order valence-electron chi connectivity index (χ3n) is 2.31. The molecular formula is C11H11ClN2O. The molecule has 78 valence electrons. The van der Waals surface area contributed by atoms with Crippen molar-refractivity contribution in [2.75, 3.05) is 6.61 Å². The minimum absolute atomic E-state index is 0.0166. The predicted octanol–water partition coefficient (Wildman–Crippen LogP) is 2.19. The van der Waals surface area contributed by atoms with Gasteiger partial charge in [-0.25, -0.2) is 4.98 Å². The minimum atomic E-state index is -0.186. The Bertz CT molecular complexity index is 428. The Morgan fingerprint density at radius 1 is 1.40 bits per heavy atom. The van der Waals surface area contributed by atoms with Crippen molar-refractivity contribution < 1.29 is 5.11 Å². The molecule has 2 aromatic rings. The molecule has 1 aromatic carbocycles. The lowest BCUT2D eigenvalue weighted by atomic mass is 9.99. The highest BCUT2D eigenvalue weighted by atomic mass is 35.5. The van der Waals surface area contributed by atoms with Gasteiger partial charge in [0.15, 0.2) is 0 Å². The second-order valence-electron chi connectivity index (χ2n) is 3.23. The summed E-state index contributed by atoms with van der Waals surface area (Å²) < 4.78 is 0. The van der Waals surface area contributed by atoms with E-state index in [4.69, 9.17) is 11.6 Å². The van der Waals surface area contributed by atoms with Crippen molar-refractivity contribution in [3.05, 3.63) is 53.1 Å². The Hall–Kier alpha value is -1.32.